The van der Waals surface area contributed by atoms with Crippen molar-refractivity contribution in [1.29, 1.82) is 0 Å². The van der Waals surface area contributed by atoms with Crippen LogP contribution in [0.3, 0.4) is 0 Å². The summed E-state index contributed by atoms with van der Waals surface area (Å²) in [5.74, 6) is -0.104. The van der Waals surface area contributed by atoms with Crippen LogP contribution in [0.15, 0.2) is 53.4 Å². The van der Waals surface area contributed by atoms with Crippen molar-refractivity contribution in [1.82, 2.24) is 10.2 Å². The van der Waals surface area contributed by atoms with E-state index in [9.17, 15) is 9.18 Å². The maximum Gasteiger partial charge on any atom is 0.224 e. The number of rotatable bonds is 6. The maximum absolute atomic E-state index is 13.0. The Labute approximate surface area is 146 Å². The Bertz CT molecular complexity index is 705. The van der Waals surface area contributed by atoms with Crippen LogP contribution < -0.4 is 5.32 Å². The molecule has 3 nitrogen and oxygen atoms in total. The summed E-state index contributed by atoms with van der Waals surface area (Å²) in [6, 6.07) is 14.9. The zero-order valence-electron chi connectivity index (χ0n) is 13.7. The molecule has 2 aromatic rings. The first kappa shape index (κ1) is 17.0. The van der Waals surface area contributed by atoms with Crippen molar-refractivity contribution in [3.05, 3.63) is 65.5 Å². The van der Waals surface area contributed by atoms with Gasteiger partial charge in [0.05, 0.1) is 0 Å². The third-order valence-corrected chi connectivity index (χ3v) is 4.96. The first-order chi connectivity index (χ1) is 11.6. The van der Waals surface area contributed by atoms with E-state index in [-0.39, 0.29) is 17.8 Å². The monoisotopic (exact) mass is 344 g/mol. The Morgan fingerprint density at radius 3 is 2.75 bits per heavy atom. The number of nitrogens with zero attached hydrogens (tertiary/aromatic N) is 1. The average Bonchev–Trinajstić information content (AvgIpc) is 2.95. The van der Waals surface area contributed by atoms with Crippen molar-refractivity contribution < 1.29 is 9.18 Å². The fourth-order valence-corrected chi connectivity index (χ4v) is 3.40. The molecule has 0 spiro atoms. The minimum Gasteiger partial charge on any atom is -0.337 e. The third kappa shape index (κ3) is 4.36. The van der Waals surface area contributed by atoms with Gasteiger partial charge in [-0.1, -0.05) is 24.3 Å². The van der Waals surface area contributed by atoms with E-state index in [2.05, 4.69) is 35.8 Å². The molecular formula is C19H21FN2OS. The van der Waals surface area contributed by atoms with E-state index < -0.39 is 0 Å². The molecule has 5 heteroatoms. The van der Waals surface area contributed by atoms with Gasteiger partial charge in [-0.2, -0.15) is 0 Å². The predicted molar refractivity (Wildman–Crippen MR) is 95.3 cm³/mol. The first-order valence-electron chi connectivity index (χ1n) is 8.02. The molecule has 24 heavy (non-hydrogen) atoms. The van der Waals surface area contributed by atoms with Crippen LogP contribution in [-0.4, -0.2) is 29.6 Å². The lowest BCUT2D eigenvalue weighted by atomic mass is 10.2. The van der Waals surface area contributed by atoms with Crippen molar-refractivity contribution in [3.63, 3.8) is 0 Å². The molecule has 1 saturated heterocycles. The van der Waals surface area contributed by atoms with Gasteiger partial charge in [-0.25, -0.2) is 4.39 Å². The molecule has 1 heterocycles. The molecular weight excluding hydrogens is 323 g/mol. The number of benzene rings is 2. The minimum atomic E-state index is -0.251. The SMILES string of the molecule is CSc1cccc(CN[C@@H]2CC(=O)N(Cc3ccc(F)cc3)C2)c1. The molecule has 0 unspecified atom stereocenters. The zero-order chi connectivity index (χ0) is 16.9. The van der Waals surface area contributed by atoms with E-state index in [0.29, 0.717) is 19.5 Å². The smallest absolute Gasteiger partial charge is 0.224 e. The van der Waals surface area contributed by atoms with Crippen molar-refractivity contribution in [2.75, 3.05) is 12.8 Å². The molecule has 1 aliphatic heterocycles. The van der Waals surface area contributed by atoms with Crippen molar-refractivity contribution in [3.8, 4) is 0 Å². The normalized spacial score (nSPS) is 17.5. The Balaban J connectivity index is 1.53. The number of hydrogen-bond acceptors (Lipinski definition) is 3. The van der Waals surface area contributed by atoms with Crippen LogP contribution in [0, 0.1) is 5.82 Å². The van der Waals surface area contributed by atoms with Crippen molar-refractivity contribution in [2.45, 2.75) is 30.4 Å². The standard InChI is InChI=1S/C19H21FN2OS/c1-24-18-4-2-3-15(9-18)11-21-17-10-19(23)22(13-17)12-14-5-7-16(20)8-6-14/h2-9,17,21H,10-13H2,1H3/t17-/m1/s1. The summed E-state index contributed by atoms with van der Waals surface area (Å²) in [6.45, 7) is 1.99. The second-order valence-corrected chi connectivity index (χ2v) is 6.91. The van der Waals surface area contributed by atoms with Gasteiger partial charge in [0.15, 0.2) is 0 Å². The van der Waals surface area contributed by atoms with Crippen LogP contribution in [0.2, 0.25) is 0 Å². The zero-order valence-corrected chi connectivity index (χ0v) is 14.5. The fourth-order valence-electron chi connectivity index (χ4n) is 2.92. The molecule has 1 amide bonds. The van der Waals surface area contributed by atoms with Crippen LogP contribution >= 0.6 is 11.8 Å². The van der Waals surface area contributed by atoms with Gasteiger partial charge in [-0.15, -0.1) is 11.8 Å². The highest BCUT2D eigenvalue weighted by atomic mass is 32.2. The van der Waals surface area contributed by atoms with Gasteiger partial charge in [-0.05, 0) is 41.6 Å². The van der Waals surface area contributed by atoms with Gasteiger partial charge in [0.2, 0.25) is 5.91 Å². The average molecular weight is 344 g/mol. The highest BCUT2D eigenvalue weighted by Crippen LogP contribution is 2.18. The lowest BCUT2D eigenvalue weighted by Crippen LogP contribution is -2.32. The van der Waals surface area contributed by atoms with E-state index in [4.69, 9.17) is 0 Å². The van der Waals surface area contributed by atoms with Gasteiger partial charge >= 0.3 is 0 Å². The maximum atomic E-state index is 13.0. The van der Waals surface area contributed by atoms with Gasteiger partial charge in [0.25, 0.3) is 0 Å². The molecule has 0 aliphatic carbocycles. The Morgan fingerprint density at radius 1 is 1.21 bits per heavy atom. The van der Waals surface area contributed by atoms with Gasteiger partial charge in [0, 0.05) is 37.0 Å². The number of carbonyl (C=O) groups is 1. The van der Waals surface area contributed by atoms with Crippen LogP contribution in [0.5, 0.6) is 0 Å². The number of thioether (sulfide) groups is 1. The molecule has 1 fully saturated rings. The molecule has 2 aromatic carbocycles. The highest BCUT2D eigenvalue weighted by molar-refractivity contribution is 7.98. The molecule has 0 saturated carbocycles. The largest absolute Gasteiger partial charge is 0.337 e. The summed E-state index contributed by atoms with van der Waals surface area (Å²) in [7, 11) is 0. The molecule has 0 bridgehead atoms. The number of hydrogen-bond donors (Lipinski definition) is 1. The summed E-state index contributed by atoms with van der Waals surface area (Å²) in [6.07, 6.45) is 2.58. The number of carbonyl (C=O) groups excluding carboxylic acids is 1. The number of amides is 1. The molecule has 1 atom stereocenters. The van der Waals surface area contributed by atoms with Crippen LogP contribution in [0.1, 0.15) is 17.5 Å². The van der Waals surface area contributed by atoms with E-state index in [0.717, 1.165) is 12.1 Å². The third-order valence-electron chi connectivity index (χ3n) is 4.23. The lowest BCUT2D eigenvalue weighted by molar-refractivity contribution is -0.128. The van der Waals surface area contributed by atoms with Crippen LogP contribution in [-0.2, 0) is 17.9 Å². The summed E-state index contributed by atoms with van der Waals surface area (Å²) < 4.78 is 13.0. The van der Waals surface area contributed by atoms with Crippen LogP contribution in [0.25, 0.3) is 0 Å². The quantitative estimate of drug-likeness (QED) is 0.815. The van der Waals surface area contributed by atoms with Crippen molar-refractivity contribution >= 4 is 17.7 Å². The Hall–Kier alpha value is -1.85. The molecule has 1 N–H and O–H groups in total. The van der Waals surface area contributed by atoms with Gasteiger partial charge in [-0.3, -0.25) is 4.79 Å². The fraction of sp³-hybridized carbons (Fsp3) is 0.316. The van der Waals surface area contributed by atoms with E-state index >= 15 is 0 Å². The number of halogens is 1. The topological polar surface area (TPSA) is 32.3 Å². The summed E-state index contributed by atoms with van der Waals surface area (Å²) in [4.78, 5) is 15.3. The first-order valence-corrected chi connectivity index (χ1v) is 9.25. The van der Waals surface area contributed by atoms with Crippen LogP contribution in [0.4, 0.5) is 4.39 Å². The van der Waals surface area contributed by atoms with E-state index in [1.807, 2.05) is 4.90 Å². The lowest BCUT2D eigenvalue weighted by Gasteiger charge is -2.17. The second kappa shape index (κ2) is 7.81. The van der Waals surface area contributed by atoms with Gasteiger partial charge in [0.1, 0.15) is 5.82 Å². The summed E-state index contributed by atoms with van der Waals surface area (Å²) in [5, 5.41) is 3.47. The predicted octanol–water partition coefficient (Wildman–Crippen LogP) is 3.44. The highest BCUT2D eigenvalue weighted by Gasteiger charge is 2.29. The molecule has 3 rings (SSSR count). The molecule has 0 aromatic heterocycles. The number of likely N-dealkylation sites (tertiary alicyclic amines) is 1. The Kier molecular flexibility index (Phi) is 5.53. The van der Waals surface area contributed by atoms with Gasteiger partial charge < -0.3 is 10.2 Å². The van der Waals surface area contributed by atoms with E-state index in [1.165, 1.54) is 22.6 Å². The minimum absolute atomic E-state index is 0.148. The molecule has 1 aliphatic rings. The summed E-state index contributed by atoms with van der Waals surface area (Å²) in [5.41, 5.74) is 2.18. The Morgan fingerprint density at radius 2 is 2.00 bits per heavy atom. The van der Waals surface area contributed by atoms with E-state index in [1.54, 1.807) is 23.9 Å². The second-order valence-electron chi connectivity index (χ2n) is 6.03. The molecule has 0 radical (unpaired) electrons. The summed E-state index contributed by atoms with van der Waals surface area (Å²) >= 11 is 1.73. The molecule has 126 valence electrons. The number of nitrogens with one attached hydrogen (secondary N) is 1. The van der Waals surface area contributed by atoms with Crippen molar-refractivity contribution in [2.24, 2.45) is 0 Å².